The largest absolute Gasteiger partial charge is 0.367 e. The highest BCUT2D eigenvalue weighted by Crippen LogP contribution is 2.25. The number of hydrogen-bond donors (Lipinski definition) is 1. The van der Waals surface area contributed by atoms with Crippen LogP contribution in [0.1, 0.15) is 53.0 Å². The maximum Gasteiger partial charge on any atom is 0.149 e. The van der Waals surface area contributed by atoms with E-state index in [-0.39, 0.29) is 11.2 Å². The van der Waals surface area contributed by atoms with Gasteiger partial charge in [-0.1, -0.05) is 13.3 Å². The van der Waals surface area contributed by atoms with Crippen LogP contribution in [0.5, 0.6) is 0 Å². The smallest absolute Gasteiger partial charge is 0.149 e. The monoisotopic (exact) mass is 298 g/mol. The molecule has 1 N–H and O–H groups in total. The Morgan fingerprint density at radius 2 is 1.67 bits per heavy atom. The Hall–Kier alpha value is -1.16. The molecule has 4 heteroatoms. The summed E-state index contributed by atoms with van der Waals surface area (Å²) in [5.41, 5.74) is 0.656. The summed E-state index contributed by atoms with van der Waals surface area (Å²) in [7, 11) is 0. The fourth-order valence-corrected chi connectivity index (χ4v) is 2.17. The summed E-state index contributed by atoms with van der Waals surface area (Å²) < 4.78 is 28.6. The number of unbranched alkanes of at least 4 members (excludes halogenated alkanes) is 1. The molecule has 2 nitrogen and oxygen atoms in total. The molecule has 0 saturated heterocycles. The molecule has 0 aliphatic carbocycles. The van der Waals surface area contributed by atoms with Crippen molar-refractivity contribution < 1.29 is 8.78 Å². The number of halogens is 2. The number of nitrogens with one attached hydrogen (secondary N) is 1. The van der Waals surface area contributed by atoms with Crippen molar-refractivity contribution in [2.75, 3.05) is 18.0 Å². The molecule has 0 spiro atoms. The zero-order chi connectivity index (χ0) is 16.0. The normalized spacial score (nSPS) is 11.8. The predicted octanol–water partition coefficient (Wildman–Crippen LogP) is 4.48. The molecule has 0 amide bonds. The summed E-state index contributed by atoms with van der Waals surface area (Å²) in [6.07, 6.45) is 1.94. The van der Waals surface area contributed by atoms with Crippen LogP contribution < -0.4 is 10.2 Å². The van der Waals surface area contributed by atoms with E-state index < -0.39 is 11.6 Å². The van der Waals surface area contributed by atoms with Crippen LogP contribution >= 0.6 is 0 Å². The lowest BCUT2D eigenvalue weighted by atomic mass is 10.1. The van der Waals surface area contributed by atoms with E-state index >= 15 is 0 Å². The van der Waals surface area contributed by atoms with Crippen LogP contribution in [0.25, 0.3) is 0 Å². The third-order valence-electron chi connectivity index (χ3n) is 3.38. The number of nitrogens with zero attached hydrogens (tertiary/aromatic N) is 1. The van der Waals surface area contributed by atoms with Crippen LogP contribution in [0, 0.1) is 11.6 Å². The molecule has 0 atom stereocenters. The molecular weight excluding hydrogens is 270 g/mol. The maximum absolute atomic E-state index is 14.3. The second-order valence-electron chi connectivity index (χ2n) is 6.44. The fourth-order valence-electron chi connectivity index (χ4n) is 2.17. The van der Waals surface area contributed by atoms with Crippen LogP contribution in [-0.2, 0) is 6.54 Å². The maximum atomic E-state index is 14.3. The summed E-state index contributed by atoms with van der Waals surface area (Å²) in [6, 6.07) is 2.87. The standard InChI is InChI=1S/C17H28F2N2/c1-6-8-9-21(7-2)16-14(18)10-13(11-15(16)19)12-20-17(3,4)5/h10-11,20H,6-9,12H2,1-5H3. The average Bonchev–Trinajstić information content (AvgIpc) is 2.38. The SMILES string of the molecule is CCCCN(CC)c1c(F)cc(CNC(C)(C)C)cc1F. The molecule has 0 bridgehead atoms. The highest BCUT2D eigenvalue weighted by Gasteiger charge is 2.17. The Morgan fingerprint density at radius 1 is 1.10 bits per heavy atom. The van der Waals surface area contributed by atoms with Gasteiger partial charge in [0.05, 0.1) is 0 Å². The fraction of sp³-hybridized carbons (Fsp3) is 0.647. The zero-order valence-corrected chi connectivity index (χ0v) is 13.9. The molecule has 0 unspecified atom stereocenters. The minimum absolute atomic E-state index is 0.0811. The van der Waals surface area contributed by atoms with E-state index in [2.05, 4.69) is 12.2 Å². The third-order valence-corrected chi connectivity index (χ3v) is 3.38. The van der Waals surface area contributed by atoms with Gasteiger partial charge in [-0.2, -0.15) is 0 Å². The highest BCUT2D eigenvalue weighted by atomic mass is 19.1. The van der Waals surface area contributed by atoms with Gasteiger partial charge in [-0.05, 0) is 51.8 Å². The van der Waals surface area contributed by atoms with Gasteiger partial charge in [0.15, 0.2) is 0 Å². The lowest BCUT2D eigenvalue weighted by molar-refractivity contribution is 0.422. The first-order valence-corrected chi connectivity index (χ1v) is 7.76. The van der Waals surface area contributed by atoms with Gasteiger partial charge in [-0.15, -0.1) is 0 Å². The minimum Gasteiger partial charge on any atom is -0.367 e. The first-order chi connectivity index (χ1) is 9.78. The van der Waals surface area contributed by atoms with Gasteiger partial charge in [-0.3, -0.25) is 0 Å². The van der Waals surface area contributed by atoms with Crippen molar-refractivity contribution in [1.82, 2.24) is 5.32 Å². The van der Waals surface area contributed by atoms with Gasteiger partial charge in [0.1, 0.15) is 17.3 Å². The summed E-state index contributed by atoms with van der Waals surface area (Å²) in [5, 5.41) is 3.24. The quantitative estimate of drug-likeness (QED) is 0.798. The van der Waals surface area contributed by atoms with Crippen molar-refractivity contribution in [3.05, 3.63) is 29.3 Å². The molecule has 1 rings (SSSR count). The van der Waals surface area contributed by atoms with Crippen LogP contribution in [-0.4, -0.2) is 18.6 Å². The number of hydrogen-bond acceptors (Lipinski definition) is 2. The van der Waals surface area contributed by atoms with E-state index in [1.807, 2.05) is 27.7 Å². The molecule has 0 aliphatic rings. The summed E-state index contributed by atoms with van der Waals surface area (Å²) in [5.74, 6) is -0.947. The van der Waals surface area contributed by atoms with Gasteiger partial charge in [0.2, 0.25) is 0 Å². The Morgan fingerprint density at radius 3 is 2.10 bits per heavy atom. The van der Waals surface area contributed by atoms with Crippen molar-refractivity contribution in [3.8, 4) is 0 Å². The lowest BCUT2D eigenvalue weighted by Gasteiger charge is -2.25. The van der Waals surface area contributed by atoms with Crippen molar-refractivity contribution in [2.24, 2.45) is 0 Å². The molecule has 21 heavy (non-hydrogen) atoms. The number of benzene rings is 1. The average molecular weight is 298 g/mol. The number of anilines is 1. The highest BCUT2D eigenvalue weighted by molar-refractivity contribution is 5.50. The van der Waals surface area contributed by atoms with E-state index in [1.165, 1.54) is 12.1 Å². The molecule has 0 radical (unpaired) electrons. The summed E-state index contributed by atoms with van der Waals surface area (Å²) in [6.45, 7) is 11.8. The van der Waals surface area contributed by atoms with Gasteiger partial charge >= 0.3 is 0 Å². The molecule has 1 aromatic carbocycles. The molecule has 0 aliphatic heterocycles. The molecule has 0 aromatic heterocycles. The number of rotatable bonds is 7. The van der Waals surface area contributed by atoms with Crippen molar-refractivity contribution in [3.63, 3.8) is 0 Å². The second-order valence-corrected chi connectivity index (χ2v) is 6.44. The first-order valence-electron chi connectivity index (χ1n) is 7.76. The molecule has 0 saturated carbocycles. The van der Waals surface area contributed by atoms with Crippen molar-refractivity contribution in [2.45, 2.75) is 59.5 Å². The summed E-state index contributed by atoms with van der Waals surface area (Å²) in [4.78, 5) is 1.77. The second kappa shape index (κ2) is 7.74. The van der Waals surface area contributed by atoms with Gasteiger partial charge in [0, 0.05) is 25.2 Å². The van der Waals surface area contributed by atoms with Gasteiger partial charge < -0.3 is 10.2 Å². The summed E-state index contributed by atoms with van der Waals surface area (Å²) >= 11 is 0. The molecule has 1 aromatic rings. The van der Waals surface area contributed by atoms with Crippen molar-refractivity contribution >= 4 is 5.69 Å². The van der Waals surface area contributed by atoms with E-state index in [1.54, 1.807) is 4.90 Å². The van der Waals surface area contributed by atoms with Gasteiger partial charge in [-0.25, -0.2) is 8.78 Å². The van der Waals surface area contributed by atoms with Crippen LogP contribution in [0.3, 0.4) is 0 Å². The zero-order valence-electron chi connectivity index (χ0n) is 13.9. The lowest BCUT2D eigenvalue weighted by Crippen LogP contribution is -2.35. The Balaban J connectivity index is 2.93. The van der Waals surface area contributed by atoms with E-state index in [9.17, 15) is 8.78 Å². The van der Waals surface area contributed by atoms with E-state index in [4.69, 9.17) is 0 Å². The minimum atomic E-state index is -0.473. The Kier molecular flexibility index (Phi) is 6.59. The Bertz CT molecular complexity index is 430. The third kappa shape index (κ3) is 5.62. The Labute approximate surface area is 127 Å². The molecule has 120 valence electrons. The topological polar surface area (TPSA) is 15.3 Å². The van der Waals surface area contributed by atoms with Crippen LogP contribution in [0.4, 0.5) is 14.5 Å². The van der Waals surface area contributed by atoms with Gasteiger partial charge in [0.25, 0.3) is 0 Å². The first kappa shape index (κ1) is 17.9. The molecule has 0 heterocycles. The molecular formula is C17H28F2N2. The molecule has 0 fully saturated rings. The van der Waals surface area contributed by atoms with E-state index in [0.717, 1.165) is 12.8 Å². The van der Waals surface area contributed by atoms with E-state index in [0.29, 0.717) is 25.2 Å². The van der Waals surface area contributed by atoms with Crippen LogP contribution in [0.15, 0.2) is 12.1 Å². The van der Waals surface area contributed by atoms with Crippen molar-refractivity contribution in [1.29, 1.82) is 0 Å². The van der Waals surface area contributed by atoms with Crippen LogP contribution in [0.2, 0.25) is 0 Å². The predicted molar refractivity (Wildman–Crippen MR) is 85.7 cm³/mol.